The molecule has 5 heteroatoms. The molecule has 0 N–H and O–H groups in total. The average molecular weight is 445 g/mol. The number of halogens is 3. The van der Waals surface area contributed by atoms with Crippen LogP contribution < -0.4 is 4.74 Å². The summed E-state index contributed by atoms with van der Waals surface area (Å²) in [6.45, 7) is 2.79. The summed E-state index contributed by atoms with van der Waals surface area (Å²) in [4.78, 5) is 4.37. The topological polar surface area (TPSA) is 22.1 Å². The zero-order valence-corrected chi connectivity index (χ0v) is 18.2. The fourth-order valence-electron chi connectivity index (χ4n) is 3.44. The molecular formula is C28H22F3NO. The van der Waals surface area contributed by atoms with Gasteiger partial charge in [0.25, 0.3) is 0 Å². The first-order valence-corrected chi connectivity index (χ1v) is 10.8. The normalized spacial score (nSPS) is 10.7. The second-order valence-electron chi connectivity index (χ2n) is 7.68. The highest BCUT2D eigenvalue weighted by atomic mass is 19.2. The maximum Gasteiger partial charge on any atom is 0.166 e. The van der Waals surface area contributed by atoms with Crippen molar-refractivity contribution in [3.63, 3.8) is 0 Å². The van der Waals surface area contributed by atoms with E-state index in [4.69, 9.17) is 4.74 Å². The van der Waals surface area contributed by atoms with Crippen LogP contribution in [0.3, 0.4) is 0 Å². The molecule has 0 saturated carbocycles. The Balaban J connectivity index is 1.49. The Hall–Kier alpha value is -3.78. The van der Waals surface area contributed by atoms with Gasteiger partial charge in [-0.3, -0.25) is 4.98 Å². The van der Waals surface area contributed by atoms with Gasteiger partial charge in [0, 0.05) is 16.5 Å². The fourth-order valence-corrected chi connectivity index (χ4v) is 3.44. The minimum absolute atomic E-state index is 0.181. The van der Waals surface area contributed by atoms with Crippen molar-refractivity contribution in [1.29, 1.82) is 0 Å². The summed E-state index contributed by atoms with van der Waals surface area (Å²) in [6, 6.07) is 15.6. The summed E-state index contributed by atoms with van der Waals surface area (Å²) in [5, 5.41) is 0.710. The van der Waals surface area contributed by atoms with Crippen molar-refractivity contribution in [2.24, 2.45) is 0 Å². The van der Waals surface area contributed by atoms with E-state index in [1.165, 1.54) is 18.2 Å². The van der Waals surface area contributed by atoms with Gasteiger partial charge in [0.1, 0.15) is 11.6 Å². The number of rotatable bonds is 6. The summed E-state index contributed by atoms with van der Waals surface area (Å²) >= 11 is 0. The molecule has 0 aliphatic carbocycles. The first-order chi connectivity index (χ1) is 16.0. The molecule has 1 heterocycles. The van der Waals surface area contributed by atoms with Crippen LogP contribution in [0.25, 0.3) is 22.0 Å². The molecule has 1 aromatic heterocycles. The number of pyridine rings is 1. The second-order valence-corrected chi connectivity index (χ2v) is 7.68. The zero-order chi connectivity index (χ0) is 23.2. The van der Waals surface area contributed by atoms with Crippen LogP contribution in [0.5, 0.6) is 5.75 Å². The molecule has 0 saturated heterocycles. The van der Waals surface area contributed by atoms with Crippen molar-refractivity contribution in [1.82, 2.24) is 4.98 Å². The number of nitrogens with zero attached hydrogens (tertiary/aromatic N) is 1. The van der Waals surface area contributed by atoms with E-state index in [0.29, 0.717) is 34.6 Å². The van der Waals surface area contributed by atoms with Crippen LogP contribution in [0.4, 0.5) is 13.2 Å². The summed E-state index contributed by atoms with van der Waals surface area (Å²) in [5.74, 6) is 4.13. The van der Waals surface area contributed by atoms with Gasteiger partial charge in [-0.25, -0.2) is 13.2 Å². The molecule has 0 amide bonds. The van der Waals surface area contributed by atoms with Gasteiger partial charge in [0.05, 0.1) is 24.1 Å². The quantitative estimate of drug-likeness (QED) is 0.230. The van der Waals surface area contributed by atoms with Gasteiger partial charge in [-0.2, -0.15) is 0 Å². The van der Waals surface area contributed by atoms with Crippen molar-refractivity contribution < 1.29 is 17.9 Å². The summed E-state index contributed by atoms with van der Waals surface area (Å²) in [7, 11) is 0. The molecular weight excluding hydrogens is 423 g/mol. The van der Waals surface area contributed by atoms with Gasteiger partial charge >= 0.3 is 0 Å². The van der Waals surface area contributed by atoms with Crippen LogP contribution >= 0.6 is 0 Å². The van der Waals surface area contributed by atoms with E-state index in [0.717, 1.165) is 25.3 Å². The van der Waals surface area contributed by atoms with Gasteiger partial charge in [-0.1, -0.05) is 49.8 Å². The SMILES string of the molecule is CCCCCOc1ccc(-c2ccc(C#Cc3ccc4c(F)c(F)ccc4c3)c(F)c2)nc1. The molecule has 0 bridgehead atoms. The molecule has 166 valence electrons. The fraction of sp³-hybridized carbons (Fsp3) is 0.179. The van der Waals surface area contributed by atoms with Crippen molar-refractivity contribution >= 4 is 10.8 Å². The Morgan fingerprint density at radius 3 is 2.48 bits per heavy atom. The third-order valence-electron chi connectivity index (χ3n) is 5.27. The Bertz CT molecular complexity index is 1340. The van der Waals surface area contributed by atoms with Crippen LogP contribution in [-0.2, 0) is 0 Å². The lowest BCUT2D eigenvalue weighted by molar-refractivity contribution is 0.305. The van der Waals surface area contributed by atoms with E-state index < -0.39 is 17.5 Å². The highest BCUT2D eigenvalue weighted by Gasteiger charge is 2.08. The van der Waals surface area contributed by atoms with E-state index in [1.54, 1.807) is 36.5 Å². The summed E-state index contributed by atoms with van der Waals surface area (Å²) in [6.07, 6.45) is 4.90. The highest BCUT2D eigenvalue weighted by molar-refractivity contribution is 5.84. The molecule has 0 unspecified atom stereocenters. The van der Waals surface area contributed by atoms with Gasteiger partial charge in [-0.15, -0.1) is 0 Å². The van der Waals surface area contributed by atoms with Crippen LogP contribution in [0.2, 0.25) is 0 Å². The molecule has 0 aliphatic heterocycles. The molecule has 0 atom stereocenters. The standard InChI is InChI=1S/C28H22F3NO/c1-2-3-4-15-33-23-11-14-27(32-18-23)22-9-8-20(26(30)17-22)7-5-19-6-12-24-21(16-19)10-13-25(29)28(24)31/h6,8-14,16-18H,2-4,15H2,1H3. The lowest BCUT2D eigenvalue weighted by atomic mass is 10.1. The largest absolute Gasteiger partial charge is 0.492 e. The van der Waals surface area contributed by atoms with Gasteiger partial charge in [-0.05, 0) is 54.3 Å². The smallest absolute Gasteiger partial charge is 0.166 e. The third kappa shape index (κ3) is 5.35. The molecule has 0 spiro atoms. The number of fused-ring (bicyclic) bond motifs is 1. The lowest BCUT2D eigenvalue weighted by Crippen LogP contribution is -1.97. The van der Waals surface area contributed by atoms with E-state index in [-0.39, 0.29) is 10.9 Å². The van der Waals surface area contributed by atoms with Crippen molar-refractivity contribution in [3.05, 3.63) is 95.4 Å². The molecule has 0 radical (unpaired) electrons. The first kappa shape index (κ1) is 22.4. The number of benzene rings is 3. The molecule has 33 heavy (non-hydrogen) atoms. The second kappa shape index (κ2) is 10.2. The Kier molecular flexibility index (Phi) is 6.95. The van der Waals surface area contributed by atoms with Crippen molar-refractivity contribution in [2.45, 2.75) is 26.2 Å². The number of hydrogen-bond donors (Lipinski definition) is 0. The Labute approximate surface area is 191 Å². The Morgan fingerprint density at radius 2 is 1.73 bits per heavy atom. The molecule has 0 fully saturated rings. The highest BCUT2D eigenvalue weighted by Crippen LogP contribution is 2.23. The predicted molar refractivity (Wildman–Crippen MR) is 124 cm³/mol. The molecule has 4 aromatic rings. The zero-order valence-electron chi connectivity index (χ0n) is 18.2. The van der Waals surface area contributed by atoms with Crippen molar-refractivity contribution in [3.8, 4) is 28.8 Å². The number of aromatic nitrogens is 1. The number of ether oxygens (including phenoxy) is 1. The van der Waals surface area contributed by atoms with E-state index >= 15 is 0 Å². The molecule has 3 aromatic carbocycles. The monoisotopic (exact) mass is 445 g/mol. The maximum absolute atomic E-state index is 14.7. The van der Waals surface area contributed by atoms with Crippen LogP contribution in [-0.4, -0.2) is 11.6 Å². The van der Waals surface area contributed by atoms with Gasteiger partial charge < -0.3 is 4.74 Å². The number of unbranched alkanes of at least 4 members (excludes halogenated alkanes) is 2. The maximum atomic E-state index is 14.7. The summed E-state index contributed by atoms with van der Waals surface area (Å²) in [5.41, 5.74) is 2.09. The molecule has 2 nitrogen and oxygen atoms in total. The van der Waals surface area contributed by atoms with Crippen LogP contribution in [0.1, 0.15) is 37.3 Å². The lowest BCUT2D eigenvalue weighted by Gasteiger charge is -2.07. The third-order valence-corrected chi connectivity index (χ3v) is 5.27. The average Bonchev–Trinajstić information content (AvgIpc) is 2.84. The van der Waals surface area contributed by atoms with E-state index in [9.17, 15) is 13.2 Å². The number of hydrogen-bond acceptors (Lipinski definition) is 2. The van der Waals surface area contributed by atoms with Crippen LogP contribution in [0, 0.1) is 29.3 Å². The minimum Gasteiger partial charge on any atom is -0.492 e. The predicted octanol–water partition coefficient (Wildman–Crippen LogP) is 7.29. The van der Waals surface area contributed by atoms with Gasteiger partial charge in [0.2, 0.25) is 0 Å². The summed E-state index contributed by atoms with van der Waals surface area (Å²) < 4.78 is 47.5. The first-order valence-electron chi connectivity index (χ1n) is 10.8. The van der Waals surface area contributed by atoms with E-state index in [2.05, 4.69) is 23.7 Å². The van der Waals surface area contributed by atoms with Crippen LogP contribution in [0.15, 0.2) is 66.9 Å². The van der Waals surface area contributed by atoms with Crippen molar-refractivity contribution in [2.75, 3.05) is 6.61 Å². The molecule has 4 rings (SSSR count). The van der Waals surface area contributed by atoms with E-state index in [1.807, 2.05) is 6.07 Å². The minimum atomic E-state index is -0.896. The molecule has 0 aliphatic rings. The van der Waals surface area contributed by atoms with Gasteiger partial charge in [0.15, 0.2) is 11.6 Å². The Morgan fingerprint density at radius 1 is 0.848 bits per heavy atom.